The smallest absolute Gasteiger partial charge is 0.286 e. The van der Waals surface area contributed by atoms with Gasteiger partial charge in [0.1, 0.15) is 0 Å². The van der Waals surface area contributed by atoms with E-state index in [2.05, 4.69) is 47.8 Å². The molecule has 6 heteroatoms. The summed E-state index contributed by atoms with van der Waals surface area (Å²) < 4.78 is 17.2. The lowest BCUT2D eigenvalue weighted by atomic mass is 9.87. The molecule has 5 rings (SSSR count). The first-order valence-electron chi connectivity index (χ1n) is 11.9. The van der Waals surface area contributed by atoms with Crippen molar-refractivity contribution in [2.24, 2.45) is 5.92 Å². The number of hydrogen-bond acceptors (Lipinski definition) is 5. The number of aliphatic hydroxyl groups excluding tert-OH is 1. The Hall–Kier alpha value is -2.67. The first kappa shape index (κ1) is 22.1. The number of aliphatic hydroxyl groups is 1. The van der Waals surface area contributed by atoms with Gasteiger partial charge in [0, 0.05) is 18.9 Å². The van der Waals surface area contributed by atoms with Crippen LogP contribution in [0.4, 0.5) is 0 Å². The van der Waals surface area contributed by atoms with Crippen LogP contribution in [0.5, 0.6) is 0 Å². The normalized spacial score (nSPS) is 21.1. The lowest BCUT2D eigenvalue weighted by molar-refractivity contribution is -0.151. The number of amides is 1. The third-order valence-electron chi connectivity index (χ3n) is 6.58. The van der Waals surface area contributed by atoms with E-state index in [1.807, 2.05) is 6.08 Å². The van der Waals surface area contributed by atoms with Crippen molar-refractivity contribution in [2.45, 2.75) is 37.9 Å². The molecule has 33 heavy (non-hydrogen) atoms. The highest BCUT2D eigenvalue weighted by Gasteiger charge is 2.32. The first-order chi connectivity index (χ1) is 16.2. The summed E-state index contributed by atoms with van der Waals surface area (Å²) in [5.41, 5.74) is 6.46. The van der Waals surface area contributed by atoms with Gasteiger partial charge in [0.2, 0.25) is 6.29 Å². The lowest BCUT2D eigenvalue weighted by Crippen LogP contribution is -2.34. The van der Waals surface area contributed by atoms with Crippen molar-refractivity contribution in [1.82, 2.24) is 5.32 Å². The molecule has 1 aliphatic heterocycles. The number of nitrogens with one attached hydrogen (secondary N) is 1. The summed E-state index contributed by atoms with van der Waals surface area (Å²) in [6.45, 7) is 1.67. The van der Waals surface area contributed by atoms with E-state index in [9.17, 15) is 4.79 Å². The van der Waals surface area contributed by atoms with Gasteiger partial charge in [-0.1, -0.05) is 42.5 Å². The Balaban J connectivity index is 1.36. The molecule has 174 valence electrons. The van der Waals surface area contributed by atoms with Crippen molar-refractivity contribution in [3.05, 3.63) is 71.0 Å². The number of ether oxygens (including phenoxy) is 3. The molecule has 0 saturated heterocycles. The number of fused-ring (bicyclic) bond motifs is 3. The van der Waals surface area contributed by atoms with E-state index in [1.54, 1.807) is 0 Å². The first-order valence-corrected chi connectivity index (χ1v) is 11.9. The minimum absolute atomic E-state index is 0.0163. The van der Waals surface area contributed by atoms with Crippen molar-refractivity contribution in [3.63, 3.8) is 0 Å². The van der Waals surface area contributed by atoms with Crippen molar-refractivity contribution in [1.29, 1.82) is 0 Å². The van der Waals surface area contributed by atoms with E-state index in [1.165, 1.54) is 40.7 Å². The molecule has 1 fully saturated rings. The van der Waals surface area contributed by atoms with E-state index in [0.717, 1.165) is 6.42 Å². The summed E-state index contributed by atoms with van der Waals surface area (Å²) >= 11 is 0. The molecule has 0 bridgehead atoms. The zero-order valence-electron chi connectivity index (χ0n) is 18.8. The van der Waals surface area contributed by atoms with E-state index in [-0.39, 0.29) is 25.0 Å². The third-order valence-corrected chi connectivity index (χ3v) is 6.58. The van der Waals surface area contributed by atoms with Gasteiger partial charge in [0.05, 0.1) is 26.4 Å². The van der Waals surface area contributed by atoms with Crippen LogP contribution < -0.4 is 5.32 Å². The average Bonchev–Trinajstić information content (AvgIpc) is 3.60. The average molecular weight is 450 g/mol. The van der Waals surface area contributed by atoms with E-state index in [4.69, 9.17) is 19.3 Å². The molecule has 6 nitrogen and oxygen atoms in total. The van der Waals surface area contributed by atoms with Gasteiger partial charge >= 0.3 is 0 Å². The van der Waals surface area contributed by atoms with Crippen LogP contribution in [0.1, 0.15) is 41.9 Å². The van der Waals surface area contributed by atoms with Crippen LogP contribution in [0.25, 0.3) is 11.1 Å². The number of allylic oxidation sites excluding steroid dienone is 1. The SMILES string of the molecule is O=C(NCC1CC1)C1=CC(c2cccc3c2Cc2ccccc2-3)CC(OCCOCCO)O1. The number of hydrogen-bond donors (Lipinski definition) is 2. The molecule has 3 aliphatic rings. The van der Waals surface area contributed by atoms with Gasteiger partial charge in [-0.25, -0.2) is 0 Å². The zero-order chi connectivity index (χ0) is 22.6. The van der Waals surface area contributed by atoms with E-state index >= 15 is 0 Å². The molecule has 2 unspecified atom stereocenters. The summed E-state index contributed by atoms with van der Waals surface area (Å²) in [5, 5.41) is 11.9. The maximum atomic E-state index is 12.9. The molecule has 2 aliphatic carbocycles. The largest absolute Gasteiger partial charge is 0.459 e. The Morgan fingerprint density at radius 2 is 1.91 bits per heavy atom. The van der Waals surface area contributed by atoms with Crippen molar-refractivity contribution < 1.29 is 24.1 Å². The quantitative estimate of drug-likeness (QED) is 0.463. The molecular weight excluding hydrogens is 418 g/mol. The van der Waals surface area contributed by atoms with Crippen LogP contribution in [-0.4, -0.2) is 50.3 Å². The van der Waals surface area contributed by atoms with E-state index in [0.29, 0.717) is 37.9 Å². The van der Waals surface area contributed by atoms with Gasteiger partial charge < -0.3 is 24.6 Å². The van der Waals surface area contributed by atoms with E-state index < -0.39 is 6.29 Å². The molecule has 0 spiro atoms. The molecule has 2 atom stereocenters. The summed E-state index contributed by atoms with van der Waals surface area (Å²) in [5.74, 6) is 0.780. The van der Waals surface area contributed by atoms with Crippen LogP contribution in [0.3, 0.4) is 0 Å². The number of carbonyl (C=O) groups excluding carboxylic acids is 1. The molecule has 1 saturated carbocycles. The number of carbonyl (C=O) groups is 1. The zero-order valence-corrected chi connectivity index (χ0v) is 18.8. The molecule has 2 aromatic carbocycles. The van der Waals surface area contributed by atoms with Gasteiger partial charge in [0.25, 0.3) is 5.91 Å². The molecule has 0 radical (unpaired) electrons. The Kier molecular flexibility index (Phi) is 6.76. The molecule has 1 amide bonds. The topological polar surface area (TPSA) is 77.0 Å². The maximum Gasteiger partial charge on any atom is 0.286 e. The highest BCUT2D eigenvalue weighted by atomic mass is 16.7. The van der Waals surface area contributed by atoms with Gasteiger partial charge in [-0.2, -0.15) is 0 Å². The van der Waals surface area contributed by atoms with Gasteiger partial charge in [-0.3, -0.25) is 4.79 Å². The van der Waals surface area contributed by atoms with Crippen LogP contribution in [-0.2, 0) is 25.4 Å². The minimum Gasteiger partial charge on any atom is -0.459 e. The Morgan fingerprint density at radius 3 is 2.76 bits per heavy atom. The Bertz CT molecular complexity index is 1030. The molecule has 2 aromatic rings. The van der Waals surface area contributed by atoms with Crippen LogP contribution in [0, 0.1) is 5.92 Å². The highest BCUT2D eigenvalue weighted by molar-refractivity contribution is 5.91. The van der Waals surface area contributed by atoms with Crippen LogP contribution in [0.2, 0.25) is 0 Å². The van der Waals surface area contributed by atoms with Gasteiger partial charge in [-0.15, -0.1) is 0 Å². The summed E-state index contributed by atoms with van der Waals surface area (Å²) in [6, 6.07) is 15.0. The summed E-state index contributed by atoms with van der Waals surface area (Å²) in [6.07, 6.45) is 5.32. The molecule has 2 N–H and O–H groups in total. The highest BCUT2D eigenvalue weighted by Crippen LogP contribution is 2.42. The Labute approximate surface area is 194 Å². The Morgan fingerprint density at radius 1 is 1.06 bits per heavy atom. The second-order valence-electron chi connectivity index (χ2n) is 8.99. The summed E-state index contributed by atoms with van der Waals surface area (Å²) in [4.78, 5) is 12.9. The predicted octanol–water partition coefficient (Wildman–Crippen LogP) is 3.52. The van der Waals surface area contributed by atoms with Crippen LogP contribution >= 0.6 is 0 Å². The monoisotopic (exact) mass is 449 g/mol. The van der Waals surface area contributed by atoms with Crippen molar-refractivity contribution >= 4 is 5.91 Å². The maximum absolute atomic E-state index is 12.9. The van der Waals surface area contributed by atoms with Gasteiger partial charge in [0.15, 0.2) is 5.76 Å². The fourth-order valence-corrected chi connectivity index (χ4v) is 4.72. The van der Waals surface area contributed by atoms with Crippen LogP contribution in [0.15, 0.2) is 54.3 Å². The van der Waals surface area contributed by atoms with Crippen molar-refractivity contribution in [2.75, 3.05) is 33.0 Å². The fourth-order valence-electron chi connectivity index (χ4n) is 4.72. The molecular formula is C27H31NO5. The minimum atomic E-state index is -0.529. The second-order valence-corrected chi connectivity index (χ2v) is 8.99. The summed E-state index contributed by atoms with van der Waals surface area (Å²) in [7, 11) is 0. The number of rotatable bonds is 10. The molecule has 1 heterocycles. The third kappa shape index (κ3) is 5.13. The molecule has 0 aromatic heterocycles. The number of benzene rings is 2. The predicted molar refractivity (Wildman–Crippen MR) is 125 cm³/mol. The van der Waals surface area contributed by atoms with Crippen molar-refractivity contribution in [3.8, 4) is 11.1 Å². The lowest BCUT2D eigenvalue weighted by Gasteiger charge is -2.30. The second kappa shape index (κ2) is 10.1. The standard InChI is InChI=1S/C27H31NO5/c29-10-11-31-12-13-32-26-16-20(15-25(33-26)27(30)28-17-18-8-9-18)22-6-3-7-23-21-5-2-1-4-19(21)14-24(22)23/h1-7,15,18,20,26,29H,8-14,16-17H2,(H,28,30). The fraction of sp³-hybridized carbons (Fsp3) is 0.444. The van der Waals surface area contributed by atoms with Gasteiger partial charge in [-0.05, 0) is 59.1 Å².